The standard InChI is InChI=1S/C29H32F4N4O4S/c1-19-17-36(13-14-37(19)27(38)41-28(2,3)4)18-21-7-10-23(15-25(21)29(31,32)33)35-42(39,40)24-11-12-26(34-16-24)20-5-8-22(30)9-6-20/h5-12,15-16,19,35H,13-14,17-18H2,1-4H3/t19-/m0/s1. The van der Waals surface area contributed by atoms with Crippen molar-refractivity contribution in [1.29, 1.82) is 0 Å². The van der Waals surface area contributed by atoms with Crippen LogP contribution < -0.4 is 4.72 Å². The number of sulfonamides is 1. The highest BCUT2D eigenvalue weighted by Crippen LogP contribution is 2.35. The van der Waals surface area contributed by atoms with E-state index in [4.69, 9.17) is 4.74 Å². The van der Waals surface area contributed by atoms with Gasteiger partial charge in [-0.25, -0.2) is 17.6 Å². The first-order chi connectivity index (χ1) is 19.5. The number of halogens is 4. The van der Waals surface area contributed by atoms with Crippen molar-refractivity contribution in [3.05, 3.63) is 77.7 Å². The fraction of sp³-hybridized carbons (Fsp3) is 0.379. The van der Waals surface area contributed by atoms with Gasteiger partial charge in [0.1, 0.15) is 16.3 Å². The van der Waals surface area contributed by atoms with E-state index in [1.165, 1.54) is 48.5 Å². The molecule has 2 heterocycles. The van der Waals surface area contributed by atoms with Gasteiger partial charge in [-0.3, -0.25) is 14.6 Å². The van der Waals surface area contributed by atoms with Gasteiger partial charge in [-0.1, -0.05) is 6.07 Å². The fourth-order valence-corrected chi connectivity index (χ4v) is 5.59. The lowest BCUT2D eigenvalue weighted by Crippen LogP contribution is -2.54. The van der Waals surface area contributed by atoms with Gasteiger partial charge in [-0.15, -0.1) is 0 Å². The summed E-state index contributed by atoms with van der Waals surface area (Å²) < 4.78 is 88.9. The Bertz CT molecular complexity index is 1520. The maximum Gasteiger partial charge on any atom is 0.416 e. The van der Waals surface area contributed by atoms with Crippen molar-refractivity contribution in [2.45, 2.75) is 57.0 Å². The molecule has 1 amide bonds. The molecule has 0 saturated carbocycles. The van der Waals surface area contributed by atoms with Gasteiger partial charge in [0.15, 0.2) is 0 Å². The fourth-order valence-electron chi connectivity index (χ4n) is 4.60. The van der Waals surface area contributed by atoms with Gasteiger partial charge in [-0.2, -0.15) is 13.2 Å². The van der Waals surface area contributed by atoms with E-state index in [9.17, 15) is 30.8 Å². The van der Waals surface area contributed by atoms with E-state index in [-0.39, 0.29) is 28.7 Å². The van der Waals surface area contributed by atoms with Crippen LogP contribution in [0.15, 0.2) is 65.7 Å². The number of carbonyl (C=O) groups is 1. The highest BCUT2D eigenvalue weighted by Gasteiger charge is 2.36. The first-order valence-corrected chi connectivity index (χ1v) is 14.7. The zero-order chi connectivity index (χ0) is 30.9. The minimum absolute atomic E-state index is 0.0197. The first-order valence-electron chi connectivity index (χ1n) is 13.2. The molecule has 8 nitrogen and oxygen atoms in total. The number of carbonyl (C=O) groups excluding carboxylic acids is 1. The summed E-state index contributed by atoms with van der Waals surface area (Å²) in [6.45, 7) is 8.03. The zero-order valence-electron chi connectivity index (χ0n) is 23.6. The predicted octanol–water partition coefficient (Wildman–Crippen LogP) is 6.15. The van der Waals surface area contributed by atoms with Crippen LogP contribution in [0.1, 0.15) is 38.8 Å². The Hall–Kier alpha value is -3.71. The number of aromatic nitrogens is 1. The second-order valence-electron chi connectivity index (χ2n) is 11.1. The molecule has 1 fully saturated rings. The lowest BCUT2D eigenvalue weighted by Gasteiger charge is -2.40. The molecule has 1 saturated heterocycles. The molecule has 1 N–H and O–H groups in total. The smallest absolute Gasteiger partial charge is 0.416 e. The molecule has 42 heavy (non-hydrogen) atoms. The largest absolute Gasteiger partial charge is 0.444 e. The number of hydrogen-bond donors (Lipinski definition) is 1. The van der Waals surface area contributed by atoms with Crippen LogP contribution in [0.25, 0.3) is 11.3 Å². The molecule has 1 aromatic heterocycles. The Labute approximate surface area is 242 Å². The van der Waals surface area contributed by atoms with Gasteiger partial charge in [0.25, 0.3) is 10.0 Å². The van der Waals surface area contributed by atoms with Crippen molar-refractivity contribution < 1.29 is 35.5 Å². The van der Waals surface area contributed by atoms with Crippen LogP contribution in [0.5, 0.6) is 0 Å². The van der Waals surface area contributed by atoms with Crippen LogP contribution in [0, 0.1) is 5.82 Å². The Morgan fingerprint density at radius 1 is 1.05 bits per heavy atom. The quantitative estimate of drug-likeness (QED) is 0.338. The summed E-state index contributed by atoms with van der Waals surface area (Å²) in [5, 5.41) is 0. The second-order valence-corrected chi connectivity index (χ2v) is 12.8. The van der Waals surface area contributed by atoms with Crippen LogP contribution in [0.4, 0.5) is 28.0 Å². The van der Waals surface area contributed by atoms with Crippen LogP contribution in [0.2, 0.25) is 0 Å². The predicted molar refractivity (Wildman–Crippen MR) is 150 cm³/mol. The molecular weight excluding hydrogens is 576 g/mol. The highest BCUT2D eigenvalue weighted by atomic mass is 32.2. The number of alkyl halides is 3. The van der Waals surface area contributed by atoms with Crippen LogP contribution >= 0.6 is 0 Å². The van der Waals surface area contributed by atoms with Crippen molar-refractivity contribution >= 4 is 21.8 Å². The number of nitrogens with zero attached hydrogens (tertiary/aromatic N) is 3. The number of nitrogens with one attached hydrogen (secondary N) is 1. The SMILES string of the molecule is C[C@H]1CN(Cc2ccc(NS(=O)(=O)c3ccc(-c4ccc(F)cc4)nc3)cc2C(F)(F)F)CCN1C(=O)OC(C)(C)C. The minimum Gasteiger partial charge on any atom is -0.444 e. The van der Waals surface area contributed by atoms with E-state index in [0.717, 1.165) is 12.3 Å². The topological polar surface area (TPSA) is 91.8 Å². The number of pyridine rings is 1. The third kappa shape index (κ3) is 7.77. The molecule has 1 aliphatic heterocycles. The van der Waals surface area contributed by atoms with E-state index < -0.39 is 39.3 Å². The number of ether oxygens (including phenoxy) is 1. The summed E-state index contributed by atoms with van der Waals surface area (Å²) in [5.74, 6) is -0.429. The summed E-state index contributed by atoms with van der Waals surface area (Å²) in [4.78, 5) is 19.7. The number of benzene rings is 2. The van der Waals surface area contributed by atoms with Crippen molar-refractivity contribution in [3.8, 4) is 11.3 Å². The lowest BCUT2D eigenvalue weighted by molar-refractivity contribution is -0.138. The van der Waals surface area contributed by atoms with Crippen molar-refractivity contribution in [1.82, 2.24) is 14.8 Å². The average Bonchev–Trinajstić information content (AvgIpc) is 2.88. The molecular formula is C29H32F4N4O4S. The summed E-state index contributed by atoms with van der Waals surface area (Å²) in [5.41, 5.74) is -0.929. The van der Waals surface area contributed by atoms with Gasteiger partial charge < -0.3 is 9.64 Å². The van der Waals surface area contributed by atoms with E-state index in [0.29, 0.717) is 30.9 Å². The van der Waals surface area contributed by atoms with Crippen LogP contribution in [0.3, 0.4) is 0 Å². The number of piperazine rings is 1. The Morgan fingerprint density at radius 2 is 1.74 bits per heavy atom. The maximum absolute atomic E-state index is 14.1. The van der Waals surface area contributed by atoms with Crippen molar-refractivity contribution in [2.24, 2.45) is 0 Å². The molecule has 0 spiro atoms. The maximum atomic E-state index is 14.1. The average molecular weight is 609 g/mol. The van der Waals surface area contributed by atoms with Gasteiger partial charge in [0, 0.05) is 49.7 Å². The van der Waals surface area contributed by atoms with Gasteiger partial charge in [0.05, 0.1) is 11.3 Å². The van der Waals surface area contributed by atoms with E-state index in [2.05, 4.69) is 9.71 Å². The molecule has 4 rings (SSSR count). The molecule has 2 aromatic carbocycles. The number of anilines is 1. The van der Waals surface area contributed by atoms with Crippen LogP contribution in [-0.2, 0) is 27.5 Å². The molecule has 13 heteroatoms. The van der Waals surface area contributed by atoms with Crippen molar-refractivity contribution in [2.75, 3.05) is 24.4 Å². The third-order valence-corrected chi connectivity index (χ3v) is 7.95. The molecule has 0 radical (unpaired) electrons. The Balaban J connectivity index is 1.47. The van der Waals surface area contributed by atoms with E-state index in [1.54, 1.807) is 32.6 Å². The normalized spacial score (nSPS) is 16.8. The number of rotatable bonds is 6. The van der Waals surface area contributed by atoms with Crippen molar-refractivity contribution in [3.63, 3.8) is 0 Å². The summed E-state index contributed by atoms with van der Waals surface area (Å²) in [7, 11) is -4.26. The molecule has 3 aromatic rings. The van der Waals surface area contributed by atoms with Gasteiger partial charge in [0.2, 0.25) is 0 Å². The van der Waals surface area contributed by atoms with Gasteiger partial charge >= 0.3 is 12.3 Å². The second kappa shape index (κ2) is 11.9. The lowest BCUT2D eigenvalue weighted by atomic mass is 10.0. The first kappa shape index (κ1) is 31.2. The summed E-state index contributed by atoms with van der Waals surface area (Å²) in [6, 6.07) is 11.2. The third-order valence-electron chi connectivity index (χ3n) is 6.59. The summed E-state index contributed by atoms with van der Waals surface area (Å²) in [6.07, 6.45) is -4.13. The van der Waals surface area contributed by atoms with Gasteiger partial charge in [-0.05, 0) is 81.8 Å². The molecule has 0 unspecified atom stereocenters. The monoisotopic (exact) mass is 608 g/mol. The number of hydrogen-bond acceptors (Lipinski definition) is 6. The molecule has 0 bridgehead atoms. The van der Waals surface area contributed by atoms with E-state index >= 15 is 0 Å². The van der Waals surface area contributed by atoms with E-state index in [1.807, 2.05) is 4.90 Å². The number of amides is 1. The molecule has 1 aliphatic rings. The highest BCUT2D eigenvalue weighted by molar-refractivity contribution is 7.92. The zero-order valence-corrected chi connectivity index (χ0v) is 24.4. The Kier molecular flexibility index (Phi) is 8.84. The summed E-state index contributed by atoms with van der Waals surface area (Å²) >= 11 is 0. The molecule has 226 valence electrons. The molecule has 0 aliphatic carbocycles. The Morgan fingerprint density at radius 3 is 2.31 bits per heavy atom. The minimum atomic E-state index is -4.74. The molecule has 1 atom stereocenters. The van der Waals surface area contributed by atoms with Crippen LogP contribution in [-0.4, -0.2) is 60.6 Å².